The molecular formula is C19H17ClN4O. The van der Waals surface area contributed by atoms with Gasteiger partial charge in [-0.1, -0.05) is 29.8 Å². The van der Waals surface area contributed by atoms with Crippen molar-refractivity contribution in [1.29, 1.82) is 0 Å². The molecule has 126 valence electrons. The molecular weight excluding hydrogens is 336 g/mol. The standard InChI is InChI=1S/C19H17ClN4O/c1-12-6-7-13(2)16(8-12)24-18-11-21-17(10-22-18)19(25)23-15-5-3-4-14(20)9-15/h3-11H,1-2H3,(H,22,24)(H,23,25). The van der Waals surface area contributed by atoms with Gasteiger partial charge in [0, 0.05) is 16.4 Å². The number of nitrogens with one attached hydrogen (secondary N) is 2. The highest BCUT2D eigenvalue weighted by atomic mass is 35.5. The minimum atomic E-state index is -0.340. The number of carbonyl (C=O) groups excluding carboxylic acids is 1. The number of aryl methyl sites for hydroxylation is 2. The van der Waals surface area contributed by atoms with Crippen LogP contribution in [0.3, 0.4) is 0 Å². The molecule has 0 fully saturated rings. The molecule has 1 amide bonds. The van der Waals surface area contributed by atoms with Crippen LogP contribution in [0.1, 0.15) is 21.6 Å². The summed E-state index contributed by atoms with van der Waals surface area (Å²) in [6, 6.07) is 13.1. The molecule has 3 aromatic rings. The fraction of sp³-hybridized carbons (Fsp3) is 0.105. The van der Waals surface area contributed by atoms with Crippen molar-refractivity contribution in [1.82, 2.24) is 9.97 Å². The Balaban J connectivity index is 1.71. The minimum absolute atomic E-state index is 0.228. The predicted octanol–water partition coefficient (Wildman–Crippen LogP) is 4.74. The zero-order chi connectivity index (χ0) is 17.8. The van der Waals surface area contributed by atoms with Crippen LogP contribution in [-0.2, 0) is 0 Å². The van der Waals surface area contributed by atoms with Crippen molar-refractivity contribution in [2.24, 2.45) is 0 Å². The van der Waals surface area contributed by atoms with Crippen molar-refractivity contribution in [3.63, 3.8) is 0 Å². The molecule has 5 nitrogen and oxygen atoms in total. The van der Waals surface area contributed by atoms with E-state index in [0.29, 0.717) is 16.5 Å². The highest BCUT2D eigenvalue weighted by molar-refractivity contribution is 6.30. The molecule has 2 aromatic carbocycles. The van der Waals surface area contributed by atoms with E-state index in [0.717, 1.165) is 16.8 Å². The monoisotopic (exact) mass is 352 g/mol. The third-order valence-corrected chi connectivity index (χ3v) is 3.86. The summed E-state index contributed by atoms with van der Waals surface area (Å²) in [4.78, 5) is 20.7. The Morgan fingerprint density at radius 2 is 1.88 bits per heavy atom. The van der Waals surface area contributed by atoms with E-state index in [1.54, 1.807) is 24.3 Å². The molecule has 0 aliphatic rings. The topological polar surface area (TPSA) is 66.9 Å². The normalized spacial score (nSPS) is 10.4. The van der Waals surface area contributed by atoms with Gasteiger partial charge in [0.15, 0.2) is 0 Å². The maximum Gasteiger partial charge on any atom is 0.275 e. The zero-order valence-corrected chi connectivity index (χ0v) is 14.6. The maximum absolute atomic E-state index is 12.2. The lowest BCUT2D eigenvalue weighted by Gasteiger charge is -2.10. The van der Waals surface area contributed by atoms with Crippen molar-refractivity contribution in [2.75, 3.05) is 10.6 Å². The lowest BCUT2D eigenvalue weighted by Crippen LogP contribution is -2.14. The number of benzene rings is 2. The highest BCUT2D eigenvalue weighted by Gasteiger charge is 2.09. The van der Waals surface area contributed by atoms with E-state index in [4.69, 9.17) is 11.6 Å². The number of amides is 1. The number of hydrogen-bond acceptors (Lipinski definition) is 4. The molecule has 0 atom stereocenters. The van der Waals surface area contributed by atoms with Crippen LogP contribution in [0.2, 0.25) is 5.02 Å². The second kappa shape index (κ2) is 7.32. The number of halogens is 1. The van der Waals surface area contributed by atoms with Crippen LogP contribution in [-0.4, -0.2) is 15.9 Å². The molecule has 3 rings (SSSR count). The third-order valence-electron chi connectivity index (χ3n) is 3.62. The van der Waals surface area contributed by atoms with Gasteiger partial charge < -0.3 is 10.6 Å². The Labute approximate surface area is 151 Å². The Morgan fingerprint density at radius 1 is 1.04 bits per heavy atom. The lowest BCUT2D eigenvalue weighted by atomic mass is 10.1. The molecule has 0 unspecified atom stereocenters. The summed E-state index contributed by atoms with van der Waals surface area (Å²) in [5.41, 5.74) is 4.06. The van der Waals surface area contributed by atoms with Crippen LogP contribution < -0.4 is 10.6 Å². The second-order valence-electron chi connectivity index (χ2n) is 5.69. The van der Waals surface area contributed by atoms with Crippen LogP contribution in [0.4, 0.5) is 17.2 Å². The summed E-state index contributed by atoms with van der Waals surface area (Å²) in [6.07, 6.45) is 2.97. The first kappa shape index (κ1) is 16.9. The predicted molar refractivity (Wildman–Crippen MR) is 101 cm³/mol. The van der Waals surface area contributed by atoms with E-state index in [2.05, 4.69) is 26.7 Å². The molecule has 0 saturated carbocycles. The number of aromatic nitrogens is 2. The van der Waals surface area contributed by atoms with Gasteiger partial charge in [0.2, 0.25) is 0 Å². The van der Waals surface area contributed by atoms with Crippen molar-refractivity contribution in [3.05, 3.63) is 76.7 Å². The van der Waals surface area contributed by atoms with E-state index in [9.17, 15) is 4.79 Å². The minimum Gasteiger partial charge on any atom is -0.339 e. The lowest BCUT2D eigenvalue weighted by molar-refractivity contribution is 0.102. The van der Waals surface area contributed by atoms with Crippen LogP contribution in [0.25, 0.3) is 0 Å². The Morgan fingerprint density at radius 3 is 2.60 bits per heavy atom. The third kappa shape index (κ3) is 4.33. The largest absolute Gasteiger partial charge is 0.339 e. The van der Waals surface area contributed by atoms with E-state index in [1.165, 1.54) is 12.4 Å². The van der Waals surface area contributed by atoms with Gasteiger partial charge in [0.1, 0.15) is 11.5 Å². The van der Waals surface area contributed by atoms with E-state index >= 15 is 0 Å². The van der Waals surface area contributed by atoms with Crippen molar-refractivity contribution in [3.8, 4) is 0 Å². The SMILES string of the molecule is Cc1ccc(C)c(Nc2cnc(C(=O)Nc3cccc(Cl)c3)cn2)c1. The fourth-order valence-corrected chi connectivity index (χ4v) is 2.47. The highest BCUT2D eigenvalue weighted by Crippen LogP contribution is 2.20. The molecule has 0 spiro atoms. The smallest absolute Gasteiger partial charge is 0.275 e. The molecule has 0 aliphatic heterocycles. The first-order valence-electron chi connectivity index (χ1n) is 7.74. The van der Waals surface area contributed by atoms with Crippen molar-refractivity contribution < 1.29 is 4.79 Å². The quantitative estimate of drug-likeness (QED) is 0.711. The Hall–Kier alpha value is -2.92. The van der Waals surface area contributed by atoms with E-state index < -0.39 is 0 Å². The van der Waals surface area contributed by atoms with Gasteiger partial charge in [-0.3, -0.25) is 4.79 Å². The summed E-state index contributed by atoms with van der Waals surface area (Å²) in [7, 11) is 0. The second-order valence-corrected chi connectivity index (χ2v) is 6.13. The van der Waals surface area contributed by atoms with Gasteiger partial charge in [-0.25, -0.2) is 9.97 Å². The number of rotatable bonds is 4. The van der Waals surface area contributed by atoms with Crippen molar-refractivity contribution in [2.45, 2.75) is 13.8 Å². The first-order valence-corrected chi connectivity index (χ1v) is 8.12. The van der Waals surface area contributed by atoms with Crippen LogP contribution in [0.5, 0.6) is 0 Å². The van der Waals surface area contributed by atoms with Crippen LogP contribution in [0, 0.1) is 13.8 Å². The number of hydrogen-bond donors (Lipinski definition) is 2. The number of anilines is 3. The van der Waals surface area contributed by atoms with Crippen LogP contribution in [0.15, 0.2) is 54.9 Å². The first-order chi connectivity index (χ1) is 12.0. The average Bonchev–Trinajstić information content (AvgIpc) is 2.59. The van der Waals surface area contributed by atoms with Gasteiger partial charge in [-0.2, -0.15) is 0 Å². The average molecular weight is 353 g/mol. The molecule has 0 aliphatic carbocycles. The van der Waals surface area contributed by atoms with Gasteiger partial charge in [-0.05, 0) is 49.2 Å². The summed E-state index contributed by atoms with van der Waals surface area (Å²) in [6.45, 7) is 4.04. The van der Waals surface area contributed by atoms with Gasteiger partial charge in [0.25, 0.3) is 5.91 Å². The summed E-state index contributed by atoms with van der Waals surface area (Å²) in [5, 5.41) is 6.50. The molecule has 1 heterocycles. The molecule has 1 aromatic heterocycles. The summed E-state index contributed by atoms with van der Waals surface area (Å²) >= 11 is 5.91. The summed E-state index contributed by atoms with van der Waals surface area (Å²) < 4.78 is 0. The summed E-state index contributed by atoms with van der Waals surface area (Å²) in [5.74, 6) is 0.237. The fourth-order valence-electron chi connectivity index (χ4n) is 2.28. The molecule has 0 radical (unpaired) electrons. The van der Waals surface area contributed by atoms with Gasteiger partial charge in [-0.15, -0.1) is 0 Å². The van der Waals surface area contributed by atoms with Gasteiger partial charge >= 0.3 is 0 Å². The van der Waals surface area contributed by atoms with Crippen molar-refractivity contribution >= 4 is 34.7 Å². The molecule has 0 bridgehead atoms. The van der Waals surface area contributed by atoms with E-state index in [-0.39, 0.29) is 11.6 Å². The Kier molecular flexibility index (Phi) is 4.95. The molecule has 2 N–H and O–H groups in total. The molecule has 0 saturated heterocycles. The zero-order valence-electron chi connectivity index (χ0n) is 13.9. The van der Waals surface area contributed by atoms with Gasteiger partial charge in [0.05, 0.1) is 12.4 Å². The Bertz CT molecular complexity index is 910. The maximum atomic E-state index is 12.2. The molecule has 6 heteroatoms. The molecule has 25 heavy (non-hydrogen) atoms. The van der Waals surface area contributed by atoms with Crippen LogP contribution >= 0.6 is 11.6 Å². The number of carbonyl (C=O) groups is 1. The number of nitrogens with zero attached hydrogens (tertiary/aromatic N) is 2. The van der Waals surface area contributed by atoms with E-state index in [1.807, 2.05) is 26.0 Å².